The van der Waals surface area contributed by atoms with Gasteiger partial charge in [-0.05, 0) is 43.7 Å². The number of nitrogens with zero attached hydrogens (tertiary/aromatic N) is 2. The molecule has 1 saturated heterocycles. The molecule has 0 atom stereocenters. The number of nitrogens with two attached hydrogens (primary N) is 1. The molecule has 4 nitrogen and oxygen atoms in total. The number of thiocarbonyl (C=S) groups is 1. The van der Waals surface area contributed by atoms with Gasteiger partial charge >= 0.3 is 0 Å². The Kier molecular flexibility index (Phi) is 5.61. The largest absolute Gasteiger partial charge is 0.497 e. The molecule has 20 heavy (non-hydrogen) atoms. The minimum absolute atomic E-state index is 0.627. The molecule has 0 amide bonds. The van der Waals surface area contributed by atoms with Gasteiger partial charge in [-0.2, -0.15) is 0 Å². The molecule has 0 bridgehead atoms. The summed E-state index contributed by atoms with van der Waals surface area (Å²) in [6.45, 7) is 5.43. The Bertz CT molecular complexity index is 427. The van der Waals surface area contributed by atoms with Crippen molar-refractivity contribution >= 4 is 22.9 Å². The minimum atomic E-state index is 0.627. The predicted molar refractivity (Wildman–Crippen MR) is 87.7 cm³/mol. The molecule has 2 rings (SSSR count). The quantitative estimate of drug-likeness (QED) is 0.811. The highest BCUT2D eigenvalue weighted by atomic mass is 32.1. The summed E-state index contributed by atoms with van der Waals surface area (Å²) >= 11 is 4.91. The number of ether oxygens (including phenoxy) is 1. The highest BCUT2D eigenvalue weighted by Crippen LogP contribution is 2.20. The summed E-state index contributed by atoms with van der Waals surface area (Å²) in [6, 6.07) is 8.29. The van der Waals surface area contributed by atoms with Crippen LogP contribution in [0.5, 0.6) is 5.75 Å². The molecule has 0 spiro atoms. The molecule has 1 fully saturated rings. The lowest BCUT2D eigenvalue weighted by atomic mass is 10.2. The van der Waals surface area contributed by atoms with E-state index in [9.17, 15) is 0 Å². The number of rotatable bonds is 6. The lowest BCUT2D eigenvalue weighted by Crippen LogP contribution is -2.46. The van der Waals surface area contributed by atoms with Gasteiger partial charge in [0.25, 0.3) is 0 Å². The standard InChI is InChI=1S/C15H23N3OS/c1-19-14-6-4-13(5-7-14)18-11-9-17(10-12-18)8-2-3-15(16)20/h4-7H,2-3,8-12H2,1H3,(H2,16,20). The summed E-state index contributed by atoms with van der Waals surface area (Å²) in [5, 5.41) is 0. The van der Waals surface area contributed by atoms with E-state index in [0.29, 0.717) is 4.99 Å². The monoisotopic (exact) mass is 293 g/mol. The van der Waals surface area contributed by atoms with E-state index in [0.717, 1.165) is 51.3 Å². The number of piperazine rings is 1. The summed E-state index contributed by atoms with van der Waals surface area (Å²) in [5.74, 6) is 0.908. The van der Waals surface area contributed by atoms with Gasteiger partial charge in [-0.15, -0.1) is 0 Å². The second kappa shape index (κ2) is 7.45. The van der Waals surface area contributed by atoms with Crippen molar-refractivity contribution < 1.29 is 4.74 Å². The first-order valence-corrected chi connectivity index (χ1v) is 7.49. The first-order chi connectivity index (χ1) is 9.69. The number of anilines is 1. The van der Waals surface area contributed by atoms with Crippen molar-refractivity contribution in [3.63, 3.8) is 0 Å². The molecule has 0 aliphatic carbocycles. The molecule has 1 aliphatic rings. The number of hydrogen-bond acceptors (Lipinski definition) is 4. The van der Waals surface area contributed by atoms with Crippen LogP contribution in [-0.2, 0) is 0 Å². The van der Waals surface area contributed by atoms with Crippen LogP contribution in [-0.4, -0.2) is 49.7 Å². The summed E-state index contributed by atoms with van der Waals surface area (Å²) in [7, 11) is 1.70. The van der Waals surface area contributed by atoms with Gasteiger partial charge in [-0.25, -0.2) is 0 Å². The normalized spacial score (nSPS) is 16.1. The van der Waals surface area contributed by atoms with Crippen LogP contribution in [0.25, 0.3) is 0 Å². The Labute approximate surface area is 126 Å². The van der Waals surface area contributed by atoms with E-state index in [4.69, 9.17) is 22.7 Å². The summed E-state index contributed by atoms with van der Waals surface area (Å²) in [4.78, 5) is 5.53. The van der Waals surface area contributed by atoms with Crippen LogP contribution in [0.2, 0.25) is 0 Å². The van der Waals surface area contributed by atoms with Gasteiger partial charge in [-0.1, -0.05) is 12.2 Å². The summed E-state index contributed by atoms with van der Waals surface area (Å²) in [5.41, 5.74) is 6.80. The third-order valence-electron chi connectivity index (χ3n) is 3.71. The first-order valence-electron chi connectivity index (χ1n) is 7.08. The lowest BCUT2D eigenvalue weighted by molar-refractivity contribution is 0.256. The van der Waals surface area contributed by atoms with Crippen LogP contribution in [0.4, 0.5) is 5.69 Å². The van der Waals surface area contributed by atoms with Crippen molar-refractivity contribution in [3.05, 3.63) is 24.3 Å². The molecule has 1 aromatic carbocycles. The zero-order chi connectivity index (χ0) is 14.4. The molecule has 0 aromatic heterocycles. The van der Waals surface area contributed by atoms with E-state index < -0.39 is 0 Å². The Hall–Kier alpha value is -1.33. The van der Waals surface area contributed by atoms with Crippen LogP contribution in [0.15, 0.2) is 24.3 Å². The molecular weight excluding hydrogens is 270 g/mol. The predicted octanol–water partition coefficient (Wildman–Crippen LogP) is 1.88. The van der Waals surface area contributed by atoms with Crippen LogP contribution in [0.1, 0.15) is 12.8 Å². The maximum Gasteiger partial charge on any atom is 0.119 e. The second-order valence-corrected chi connectivity index (χ2v) is 5.62. The summed E-state index contributed by atoms with van der Waals surface area (Å²) in [6.07, 6.45) is 1.92. The number of methoxy groups -OCH3 is 1. The van der Waals surface area contributed by atoms with E-state index in [-0.39, 0.29) is 0 Å². The molecule has 5 heteroatoms. The topological polar surface area (TPSA) is 41.7 Å². The highest BCUT2D eigenvalue weighted by molar-refractivity contribution is 7.80. The molecular formula is C15H23N3OS. The fourth-order valence-electron chi connectivity index (χ4n) is 2.50. The van der Waals surface area contributed by atoms with E-state index in [1.54, 1.807) is 7.11 Å². The average molecular weight is 293 g/mol. The maximum absolute atomic E-state index is 5.52. The van der Waals surface area contributed by atoms with E-state index in [2.05, 4.69) is 21.9 Å². The van der Waals surface area contributed by atoms with Gasteiger partial charge < -0.3 is 15.4 Å². The molecule has 1 aliphatic heterocycles. The van der Waals surface area contributed by atoms with E-state index in [1.807, 2.05) is 12.1 Å². The molecule has 1 aromatic rings. The van der Waals surface area contributed by atoms with Gasteiger partial charge in [0.05, 0.1) is 12.1 Å². The maximum atomic E-state index is 5.52. The van der Waals surface area contributed by atoms with Crippen molar-refractivity contribution in [2.24, 2.45) is 5.73 Å². The Morgan fingerprint density at radius 2 is 1.85 bits per heavy atom. The molecule has 2 N–H and O–H groups in total. The third-order valence-corrected chi connectivity index (χ3v) is 3.91. The van der Waals surface area contributed by atoms with E-state index in [1.165, 1.54) is 5.69 Å². The fourth-order valence-corrected chi connectivity index (χ4v) is 2.64. The van der Waals surface area contributed by atoms with Gasteiger partial charge in [0, 0.05) is 31.9 Å². The second-order valence-electron chi connectivity index (χ2n) is 5.10. The average Bonchev–Trinajstić information content (AvgIpc) is 2.48. The van der Waals surface area contributed by atoms with Gasteiger partial charge in [0.2, 0.25) is 0 Å². The molecule has 0 saturated carbocycles. The zero-order valence-corrected chi connectivity index (χ0v) is 12.9. The van der Waals surface area contributed by atoms with Crippen LogP contribution < -0.4 is 15.4 Å². The highest BCUT2D eigenvalue weighted by Gasteiger charge is 2.16. The summed E-state index contributed by atoms with van der Waals surface area (Å²) < 4.78 is 5.19. The third kappa shape index (κ3) is 4.35. The van der Waals surface area contributed by atoms with Gasteiger partial charge in [-0.3, -0.25) is 4.90 Å². The number of hydrogen-bond donors (Lipinski definition) is 1. The SMILES string of the molecule is COc1ccc(N2CCN(CCCC(N)=S)CC2)cc1. The minimum Gasteiger partial charge on any atom is -0.497 e. The van der Waals surface area contributed by atoms with Crippen LogP contribution in [0, 0.1) is 0 Å². The Morgan fingerprint density at radius 3 is 2.40 bits per heavy atom. The van der Waals surface area contributed by atoms with Crippen LogP contribution >= 0.6 is 12.2 Å². The lowest BCUT2D eigenvalue weighted by Gasteiger charge is -2.36. The van der Waals surface area contributed by atoms with Crippen LogP contribution in [0.3, 0.4) is 0 Å². The van der Waals surface area contributed by atoms with Crippen molar-refractivity contribution in [2.75, 3.05) is 44.7 Å². The number of benzene rings is 1. The molecule has 110 valence electrons. The molecule has 0 radical (unpaired) electrons. The van der Waals surface area contributed by atoms with Crippen molar-refractivity contribution in [3.8, 4) is 5.75 Å². The van der Waals surface area contributed by atoms with Crippen molar-refractivity contribution in [1.29, 1.82) is 0 Å². The van der Waals surface area contributed by atoms with E-state index >= 15 is 0 Å². The first kappa shape index (κ1) is 15.1. The molecule has 0 unspecified atom stereocenters. The Morgan fingerprint density at radius 1 is 1.20 bits per heavy atom. The van der Waals surface area contributed by atoms with Crippen molar-refractivity contribution in [1.82, 2.24) is 4.90 Å². The van der Waals surface area contributed by atoms with Gasteiger partial charge in [0.15, 0.2) is 0 Å². The van der Waals surface area contributed by atoms with Crippen molar-refractivity contribution in [2.45, 2.75) is 12.8 Å². The van der Waals surface area contributed by atoms with Gasteiger partial charge in [0.1, 0.15) is 5.75 Å². The molecule has 1 heterocycles. The smallest absolute Gasteiger partial charge is 0.119 e. The Balaban J connectivity index is 1.77. The zero-order valence-electron chi connectivity index (χ0n) is 12.0. The fraction of sp³-hybridized carbons (Fsp3) is 0.533.